The molecule has 3 N–H and O–H groups in total. The minimum atomic E-state index is -3.72. The van der Waals surface area contributed by atoms with Gasteiger partial charge in [0.2, 0.25) is 15.9 Å². The summed E-state index contributed by atoms with van der Waals surface area (Å²) in [6.07, 6.45) is 1.41. The third kappa shape index (κ3) is 6.74. The van der Waals surface area contributed by atoms with Gasteiger partial charge in [-0.2, -0.15) is 0 Å². The van der Waals surface area contributed by atoms with Gasteiger partial charge in [0, 0.05) is 46.6 Å². The van der Waals surface area contributed by atoms with Crippen molar-refractivity contribution < 1.29 is 27.1 Å². The van der Waals surface area contributed by atoms with E-state index in [0.29, 0.717) is 45.5 Å². The second kappa shape index (κ2) is 11.7. The molecule has 3 fully saturated rings. The Balaban J connectivity index is 1.58. The van der Waals surface area contributed by atoms with Crippen molar-refractivity contribution in [3.63, 3.8) is 0 Å². The summed E-state index contributed by atoms with van der Waals surface area (Å²) >= 11 is 6.32. The van der Waals surface area contributed by atoms with Crippen LogP contribution in [0.3, 0.4) is 0 Å². The third-order valence-electron chi connectivity index (χ3n) is 7.07. The zero-order valence-corrected chi connectivity index (χ0v) is 20.3. The molecule has 9 nitrogen and oxygen atoms in total. The third-order valence-corrected chi connectivity index (χ3v) is 8.81. The minimum absolute atomic E-state index is 0.0192. The molecule has 2 heterocycles. The fourth-order valence-electron chi connectivity index (χ4n) is 5.23. The fourth-order valence-corrected chi connectivity index (χ4v) is 6.93. The molecule has 0 radical (unpaired) electrons. The van der Waals surface area contributed by atoms with E-state index in [2.05, 4.69) is 15.7 Å². The monoisotopic (exact) mass is 498 g/mol. The number of carbonyl (C=O) groups excluding carboxylic acids is 1. The number of rotatable bonds is 9. The number of sulfonamides is 1. The van der Waals surface area contributed by atoms with Gasteiger partial charge in [0.15, 0.2) is 0 Å². The number of nitrogens with one attached hydrogen (secondary N) is 3. The summed E-state index contributed by atoms with van der Waals surface area (Å²) in [5.74, 6) is -1.55. The molecule has 0 spiro atoms. The average Bonchev–Trinajstić information content (AvgIpc) is 3.13. The first-order chi connectivity index (χ1) is 15.2. The molecule has 0 aromatic rings. The summed E-state index contributed by atoms with van der Waals surface area (Å²) in [6, 6.07) is 0.196. The van der Waals surface area contributed by atoms with Crippen LogP contribution in [-0.2, 0) is 24.3 Å². The van der Waals surface area contributed by atoms with Crippen LogP contribution in [0.25, 0.3) is 0 Å². The normalized spacial score (nSPS) is 35.1. The van der Waals surface area contributed by atoms with Gasteiger partial charge in [0.25, 0.3) is 0 Å². The number of amides is 1. The van der Waals surface area contributed by atoms with E-state index in [-0.39, 0.29) is 29.5 Å². The molecule has 3 rings (SSSR count). The maximum absolute atomic E-state index is 14.9. The fraction of sp³-hybridized carbons (Fsp3) is 0.950. The Hall–Kier alpha value is -0.560. The lowest BCUT2D eigenvalue weighted by Crippen LogP contribution is -2.52. The van der Waals surface area contributed by atoms with Crippen LogP contribution in [0.15, 0.2) is 0 Å². The number of hydrogen-bond acceptors (Lipinski definition) is 7. The summed E-state index contributed by atoms with van der Waals surface area (Å²) in [6.45, 7) is 2.40. The van der Waals surface area contributed by atoms with E-state index in [0.717, 1.165) is 13.0 Å². The summed E-state index contributed by atoms with van der Waals surface area (Å²) in [4.78, 5) is 14.9. The number of ether oxygens (including phenoxy) is 2. The first-order valence-corrected chi connectivity index (χ1v) is 13.4. The predicted molar refractivity (Wildman–Crippen MR) is 119 cm³/mol. The molecule has 32 heavy (non-hydrogen) atoms. The van der Waals surface area contributed by atoms with Crippen molar-refractivity contribution in [2.75, 3.05) is 46.3 Å². The minimum Gasteiger partial charge on any atom is -0.385 e. The quantitative estimate of drug-likeness (QED) is 0.319. The molecule has 186 valence electrons. The highest BCUT2D eigenvalue weighted by Crippen LogP contribution is 2.41. The SMILES string of the molecule is COCCC1C(C2CC(Cl)C(F)C(C(=O)NNS(=O)(=O)CC3CCOCC3)C2)CNN1C. The van der Waals surface area contributed by atoms with Gasteiger partial charge in [0.05, 0.1) is 17.0 Å². The van der Waals surface area contributed by atoms with Crippen LogP contribution in [-0.4, -0.2) is 83.2 Å². The molecular weight excluding hydrogens is 463 g/mol. The van der Waals surface area contributed by atoms with E-state index in [1.165, 1.54) is 0 Å². The molecule has 1 aliphatic carbocycles. The van der Waals surface area contributed by atoms with Crippen LogP contribution >= 0.6 is 11.6 Å². The summed E-state index contributed by atoms with van der Waals surface area (Å²) in [5, 5.41) is 1.26. The number of alkyl halides is 2. The van der Waals surface area contributed by atoms with Gasteiger partial charge in [-0.25, -0.2) is 17.8 Å². The Bertz CT molecular complexity index is 727. The molecule has 1 saturated carbocycles. The lowest BCUT2D eigenvalue weighted by molar-refractivity contribution is -0.129. The number of nitrogens with zero attached hydrogens (tertiary/aromatic N) is 1. The molecule has 2 saturated heterocycles. The molecule has 0 aromatic heterocycles. The zero-order valence-electron chi connectivity index (χ0n) is 18.8. The van der Waals surface area contributed by atoms with E-state index in [9.17, 15) is 17.6 Å². The second-order valence-corrected chi connectivity index (χ2v) is 11.5. The van der Waals surface area contributed by atoms with Crippen molar-refractivity contribution in [1.29, 1.82) is 0 Å². The molecule has 3 aliphatic rings. The van der Waals surface area contributed by atoms with Gasteiger partial charge in [-0.05, 0) is 49.9 Å². The molecule has 12 heteroatoms. The molecular formula is C20H36ClFN4O5S. The Kier molecular flexibility index (Phi) is 9.54. The number of hydrogen-bond donors (Lipinski definition) is 3. The molecule has 0 aromatic carbocycles. The van der Waals surface area contributed by atoms with Crippen LogP contribution in [0.1, 0.15) is 32.1 Å². The Morgan fingerprint density at radius 1 is 1.31 bits per heavy atom. The number of methoxy groups -OCH3 is 1. The zero-order chi connectivity index (χ0) is 23.3. The van der Waals surface area contributed by atoms with Gasteiger partial charge >= 0.3 is 0 Å². The first kappa shape index (κ1) is 26.1. The van der Waals surface area contributed by atoms with Gasteiger partial charge in [-0.1, -0.05) is 0 Å². The number of carbonyl (C=O) groups is 1. The number of halogens is 2. The predicted octanol–water partition coefficient (Wildman–Crippen LogP) is 0.807. The summed E-state index contributed by atoms with van der Waals surface area (Å²) < 4.78 is 50.1. The van der Waals surface area contributed by atoms with Crippen molar-refractivity contribution in [3.8, 4) is 0 Å². The average molecular weight is 499 g/mol. The lowest BCUT2D eigenvalue weighted by Gasteiger charge is -2.39. The maximum Gasteiger partial charge on any atom is 0.241 e. The summed E-state index contributed by atoms with van der Waals surface area (Å²) in [7, 11) is -0.0993. The van der Waals surface area contributed by atoms with E-state index >= 15 is 0 Å². The van der Waals surface area contributed by atoms with Crippen molar-refractivity contribution >= 4 is 27.5 Å². The van der Waals surface area contributed by atoms with E-state index < -0.39 is 33.4 Å². The van der Waals surface area contributed by atoms with Crippen LogP contribution in [0, 0.1) is 23.7 Å². The molecule has 2 aliphatic heterocycles. The highest BCUT2D eigenvalue weighted by atomic mass is 35.5. The Labute approximate surface area is 195 Å². The smallest absolute Gasteiger partial charge is 0.241 e. The summed E-state index contributed by atoms with van der Waals surface area (Å²) in [5.41, 5.74) is 5.57. The van der Waals surface area contributed by atoms with Gasteiger partial charge < -0.3 is 9.47 Å². The van der Waals surface area contributed by atoms with Crippen molar-refractivity contribution in [2.24, 2.45) is 23.7 Å². The van der Waals surface area contributed by atoms with Crippen molar-refractivity contribution in [3.05, 3.63) is 0 Å². The van der Waals surface area contributed by atoms with Crippen LogP contribution in [0.4, 0.5) is 4.39 Å². The standard InChI is InChI=1S/C20H36ClFN4O5S/c1-26-18(5-6-30-2)16(11-23-26)14-9-15(19(22)17(21)10-14)20(27)24-25-32(28,29)12-13-3-7-31-8-4-13/h13-19,23,25H,3-12H2,1-2H3,(H,24,27). The van der Waals surface area contributed by atoms with Crippen molar-refractivity contribution in [1.82, 2.24) is 20.7 Å². The van der Waals surface area contributed by atoms with E-state index in [4.69, 9.17) is 21.1 Å². The molecule has 1 amide bonds. The maximum atomic E-state index is 14.9. The number of hydrazine groups is 2. The van der Waals surface area contributed by atoms with Crippen LogP contribution in [0.2, 0.25) is 0 Å². The van der Waals surface area contributed by atoms with Gasteiger partial charge in [-0.15, -0.1) is 16.4 Å². The van der Waals surface area contributed by atoms with E-state index in [1.807, 2.05) is 12.1 Å². The largest absolute Gasteiger partial charge is 0.385 e. The van der Waals surface area contributed by atoms with Gasteiger partial charge in [0.1, 0.15) is 6.17 Å². The van der Waals surface area contributed by atoms with Gasteiger partial charge in [-0.3, -0.25) is 15.6 Å². The second-order valence-electron chi connectivity index (χ2n) is 9.21. The molecule has 6 unspecified atom stereocenters. The molecule has 6 atom stereocenters. The molecule has 0 bridgehead atoms. The topological polar surface area (TPSA) is 109 Å². The van der Waals surface area contributed by atoms with Crippen LogP contribution in [0.5, 0.6) is 0 Å². The van der Waals surface area contributed by atoms with E-state index in [1.54, 1.807) is 7.11 Å². The Morgan fingerprint density at radius 3 is 2.72 bits per heavy atom. The Morgan fingerprint density at radius 2 is 2.03 bits per heavy atom. The highest BCUT2D eigenvalue weighted by molar-refractivity contribution is 7.89. The first-order valence-electron chi connectivity index (χ1n) is 11.3. The highest BCUT2D eigenvalue weighted by Gasteiger charge is 2.47. The lowest BCUT2D eigenvalue weighted by atomic mass is 9.71. The van der Waals surface area contributed by atoms with Crippen LogP contribution < -0.4 is 15.7 Å². The van der Waals surface area contributed by atoms with Crippen molar-refractivity contribution in [2.45, 2.75) is 49.7 Å².